The van der Waals surface area contributed by atoms with E-state index in [1.54, 1.807) is 31.0 Å². The number of aryl methyl sites for hydroxylation is 1. The first-order valence-electron chi connectivity index (χ1n) is 8.91. The third kappa shape index (κ3) is 6.69. The lowest BCUT2D eigenvalue weighted by Gasteiger charge is -2.21. The number of aliphatic imine (C=N–C) groups is 1. The zero-order valence-electron chi connectivity index (χ0n) is 16.5. The molecule has 0 fully saturated rings. The van der Waals surface area contributed by atoms with Crippen LogP contribution in [0, 0.1) is 11.6 Å². The summed E-state index contributed by atoms with van der Waals surface area (Å²) in [6.45, 7) is 6.63. The van der Waals surface area contributed by atoms with Gasteiger partial charge >= 0.3 is 0 Å². The van der Waals surface area contributed by atoms with Crippen molar-refractivity contribution in [1.29, 1.82) is 0 Å². The Labute approximate surface area is 181 Å². The largest absolute Gasteiger partial charge is 0.383 e. The van der Waals surface area contributed by atoms with Crippen molar-refractivity contribution in [2.75, 3.05) is 19.6 Å². The highest BCUT2D eigenvalue weighted by Gasteiger charge is 2.24. The minimum absolute atomic E-state index is 0. The number of nitrogens with one attached hydrogen (secondary N) is 2. The highest BCUT2D eigenvalue weighted by Crippen LogP contribution is 2.20. The smallest absolute Gasteiger partial charge is 0.191 e. The van der Waals surface area contributed by atoms with Gasteiger partial charge in [-0.2, -0.15) is 5.10 Å². The van der Waals surface area contributed by atoms with Crippen LogP contribution in [0.5, 0.6) is 0 Å². The first-order valence-corrected chi connectivity index (χ1v) is 8.91. The van der Waals surface area contributed by atoms with Gasteiger partial charge in [-0.05, 0) is 25.5 Å². The Bertz CT molecular complexity index is 794. The zero-order chi connectivity index (χ0) is 20.0. The van der Waals surface area contributed by atoms with E-state index in [4.69, 9.17) is 0 Å². The van der Waals surface area contributed by atoms with Gasteiger partial charge in [0.15, 0.2) is 5.96 Å². The molecule has 28 heavy (non-hydrogen) atoms. The van der Waals surface area contributed by atoms with Crippen LogP contribution in [0.1, 0.15) is 37.8 Å². The number of nitrogens with zero attached hydrogens (tertiary/aromatic N) is 3. The molecular weight excluding hydrogens is 479 g/mol. The third-order valence-electron chi connectivity index (χ3n) is 4.29. The fourth-order valence-electron chi connectivity index (χ4n) is 2.63. The second-order valence-corrected chi connectivity index (χ2v) is 6.82. The Morgan fingerprint density at radius 3 is 2.64 bits per heavy atom. The summed E-state index contributed by atoms with van der Waals surface area (Å²) < 4.78 is 28.6. The van der Waals surface area contributed by atoms with Crippen LogP contribution in [0.15, 0.2) is 35.6 Å². The molecule has 2 atom stereocenters. The summed E-state index contributed by atoms with van der Waals surface area (Å²) in [6, 6.07) is 3.59. The molecule has 6 nitrogen and oxygen atoms in total. The number of aromatic nitrogens is 2. The van der Waals surface area contributed by atoms with Crippen LogP contribution < -0.4 is 10.6 Å². The maximum atomic E-state index is 13.9. The molecule has 3 N–H and O–H groups in total. The lowest BCUT2D eigenvalue weighted by Crippen LogP contribution is -2.40. The maximum Gasteiger partial charge on any atom is 0.191 e. The van der Waals surface area contributed by atoms with Crippen molar-refractivity contribution in [2.45, 2.75) is 32.3 Å². The van der Waals surface area contributed by atoms with Gasteiger partial charge in [0, 0.05) is 43.9 Å². The van der Waals surface area contributed by atoms with E-state index < -0.39 is 17.2 Å². The van der Waals surface area contributed by atoms with E-state index in [1.165, 1.54) is 12.1 Å². The minimum Gasteiger partial charge on any atom is -0.383 e. The molecule has 0 bridgehead atoms. The van der Waals surface area contributed by atoms with E-state index in [-0.39, 0.29) is 36.4 Å². The predicted octanol–water partition coefficient (Wildman–Crippen LogP) is 2.88. The standard InChI is InChI=1S/C19H27F2N5O.HI/c1-5-22-18(24-12-19(3,27)14-10-25-26(4)11-14)23-9-13(2)16-7-6-15(20)8-17(16)21;/h6-8,10-11,13,27H,5,9,12H2,1-4H3,(H2,22,23,24);1H. The predicted molar refractivity (Wildman–Crippen MR) is 117 cm³/mol. The molecule has 0 amide bonds. The highest BCUT2D eigenvalue weighted by molar-refractivity contribution is 14.0. The van der Waals surface area contributed by atoms with Crippen LogP contribution in [-0.2, 0) is 12.6 Å². The van der Waals surface area contributed by atoms with Crippen LogP contribution in [0.2, 0.25) is 0 Å². The van der Waals surface area contributed by atoms with Gasteiger partial charge in [-0.3, -0.25) is 4.68 Å². The molecule has 0 saturated heterocycles. The van der Waals surface area contributed by atoms with Crippen molar-refractivity contribution < 1.29 is 13.9 Å². The van der Waals surface area contributed by atoms with Crippen LogP contribution in [0.4, 0.5) is 8.78 Å². The highest BCUT2D eigenvalue weighted by atomic mass is 127. The SMILES string of the molecule is CCNC(=NCC(C)(O)c1cnn(C)c1)NCC(C)c1ccc(F)cc1F.I. The Kier molecular flexibility index (Phi) is 9.28. The van der Waals surface area contributed by atoms with Gasteiger partial charge in [0.2, 0.25) is 0 Å². The summed E-state index contributed by atoms with van der Waals surface area (Å²) in [5.74, 6) is -0.834. The number of rotatable bonds is 7. The normalized spacial score (nSPS) is 14.8. The van der Waals surface area contributed by atoms with Crippen molar-refractivity contribution in [1.82, 2.24) is 20.4 Å². The lowest BCUT2D eigenvalue weighted by molar-refractivity contribution is 0.0672. The van der Waals surface area contributed by atoms with Crippen LogP contribution in [-0.4, -0.2) is 40.5 Å². The van der Waals surface area contributed by atoms with Gasteiger partial charge in [0.1, 0.15) is 17.2 Å². The summed E-state index contributed by atoms with van der Waals surface area (Å²) >= 11 is 0. The number of benzene rings is 1. The van der Waals surface area contributed by atoms with Gasteiger partial charge in [-0.25, -0.2) is 13.8 Å². The summed E-state index contributed by atoms with van der Waals surface area (Å²) in [6.07, 6.45) is 3.35. The molecule has 9 heteroatoms. The number of aliphatic hydroxyl groups is 1. The first kappa shape index (κ1) is 24.3. The van der Waals surface area contributed by atoms with Gasteiger partial charge in [-0.15, -0.1) is 24.0 Å². The Morgan fingerprint density at radius 2 is 2.07 bits per heavy atom. The maximum absolute atomic E-state index is 13.9. The number of halogens is 3. The molecule has 1 heterocycles. The summed E-state index contributed by atoms with van der Waals surface area (Å²) in [5, 5.41) is 20.9. The third-order valence-corrected chi connectivity index (χ3v) is 4.29. The Balaban J connectivity index is 0.00000392. The summed E-state index contributed by atoms with van der Waals surface area (Å²) in [7, 11) is 1.78. The average molecular weight is 507 g/mol. The number of hydrogen-bond donors (Lipinski definition) is 3. The average Bonchev–Trinajstić information content (AvgIpc) is 3.04. The van der Waals surface area contributed by atoms with Gasteiger partial charge in [0.05, 0.1) is 12.7 Å². The van der Waals surface area contributed by atoms with Crippen LogP contribution >= 0.6 is 24.0 Å². The summed E-state index contributed by atoms with van der Waals surface area (Å²) in [5.41, 5.74) is -0.0564. The van der Waals surface area contributed by atoms with Gasteiger partial charge < -0.3 is 15.7 Å². The Hall–Kier alpha value is -1.75. The number of guanidine groups is 1. The Morgan fingerprint density at radius 1 is 1.36 bits per heavy atom. The first-order chi connectivity index (χ1) is 12.7. The van der Waals surface area contributed by atoms with Crippen molar-refractivity contribution in [3.05, 3.63) is 53.4 Å². The van der Waals surface area contributed by atoms with E-state index in [0.717, 1.165) is 6.07 Å². The quantitative estimate of drug-likeness (QED) is 0.306. The van der Waals surface area contributed by atoms with E-state index >= 15 is 0 Å². The molecule has 0 aliphatic heterocycles. The molecule has 0 saturated carbocycles. The van der Waals surface area contributed by atoms with Crippen LogP contribution in [0.3, 0.4) is 0 Å². The topological polar surface area (TPSA) is 74.5 Å². The molecule has 2 aromatic rings. The second kappa shape index (κ2) is 10.7. The van der Waals surface area contributed by atoms with Gasteiger partial charge in [0.25, 0.3) is 0 Å². The van der Waals surface area contributed by atoms with Crippen LogP contribution in [0.25, 0.3) is 0 Å². The molecule has 1 aromatic carbocycles. The minimum atomic E-state index is -1.16. The van der Waals surface area contributed by atoms with Crippen molar-refractivity contribution in [3.63, 3.8) is 0 Å². The molecule has 0 radical (unpaired) electrons. The molecule has 1 aromatic heterocycles. The number of hydrogen-bond acceptors (Lipinski definition) is 3. The molecule has 2 unspecified atom stereocenters. The molecule has 0 aliphatic rings. The molecule has 0 aliphatic carbocycles. The monoisotopic (exact) mass is 507 g/mol. The van der Waals surface area contributed by atoms with Crippen molar-refractivity contribution >= 4 is 29.9 Å². The molecular formula is C19H28F2IN5O. The molecule has 2 rings (SSSR count). The van der Waals surface area contributed by atoms with Gasteiger partial charge in [-0.1, -0.05) is 13.0 Å². The van der Waals surface area contributed by atoms with E-state index in [0.29, 0.717) is 30.2 Å². The van der Waals surface area contributed by atoms with Crippen molar-refractivity contribution in [3.8, 4) is 0 Å². The zero-order valence-corrected chi connectivity index (χ0v) is 18.9. The summed E-state index contributed by atoms with van der Waals surface area (Å²) in [4.78, 5) is 4.43. The molecule has 156 valence electrons. The van der Waals surface area contributed by atoms with Crippen molar-refractivity contribution in [2.24, 2.45) is 12.0 Å². The fraction of sp³-hybridized carbons (Fsp3) is 0.474. The van der Waals surface area contributed by atoms with E-state index in [2.05, 4.69) is 20.7 Å². The van der Waals surface area contributed by atoms with E-state index in [1.807, 2.05) is 13.8 Å². The fourth-order valence-corrected chi connectivity index (χ4v) is 2.63. The second-order valence-electron chi connectivity index (χ2n) is 6.82. The molecule has 0 spiro atoms. The van der Waals surface area contributed by atoms with E-state index in [9.17, 15) is 13.9 Å². The lowest BCUT2D eigenvalue weighted by atomic mass is 10.00.